The lowest BCUT2D eigenvalue weighted by molar-refractivity contribution is 0.0691. The quantitative estimate of drug-likeness (QED) is 0.793. The van der Waals surface area contributed by atoms with Gasteiger partial charge in [0.2, 0.25) is 5.88 Å². The molecule has 5 nitrogen and oxygen atoms in total. The van der Waals surface area contributed by atoms with Gasteiger partial charge in [0.05, 0.1) is 12.8 Å². The molecule has 5 heteroatoms. The van der Waals surface area contributed by atoms with E-state index in [2.05, 4.69) is 5.10 Å². The van der Waals surface area contributed by atoms with Gasteiger partial charge in [-0.25, -0.2) is 9.48 Å². The number of carboxylic acids is 1. The summed E-state index contributed by atoms with van der Waals surface area (Å²) in [7, 11) is 3.10. The number of aromatic nitrogens is 2. The number of hydrogen-bond donors (Lipinski definition) is 1. The van der Waals surface area contributed by atoms with Crippen molar-refractivity contribution in [3.05, 3.63) is 11.3 Å². The van der Waals surface area contributed by atoms with Gasteiger partial charge in [-0.15, -0.1) is 0 Å². The first kappa shape index (κ1) is 10.6. The fourth-order valence-electron chi connectivity index (χ4n) is 1.37. The van der Waals surface area contributed by atoms with Crippen LogP contribution in [0.1, 0.15) is 35.8 Å². The number of carbonyl (C=O) groups is 1. The molecule has 0 amide bonds. The zero-order valence-corrected chi connectivity index (χ0v) is 8.74. The molecular formula is C9H14N2O3. The van der Waals surface area contributed by atoms with E-state index in [0.717, 1.165) is 0 Å². The van der Waals surface area contributed by atoms with Gasteiger partial charge in [-0.3, -0.25) is 0 Å². The second kappa shape index (κ2) is 3.69. The predicted molar refractivity (Wildman–Crippen MR) is 50.8 cm³/mol. The minimum atomic E-state index is -1.00. The molecule has 0 saturated carbocycles. The summed E-state index contributed by atoms with van der Waals surface area (Å²) in [6, 6.07) is 0. The van der Waals surface area contributed by atoms with Gasteiger partial charge in [-0.1, -0.05) is 13.8 Å². The minimum Gasteiger partial charge on any atom is -0.481 e. The first-order valence-electron chi connectivity index (χ1n) is 4.33. The molecule has 1 heterocycles. The van der Waals surface area contributed by atoms with Gasteiger partial charge in [-0.2, -0.15) is 5.10 Å². The van der Waals surface area contributed by atoms with E-state index in [0.29, 0.717) is 11.6 Å². The van der Waals surface area contributed by atoms with Crippen molar-refractivity contribution in [1.29, 1.82) is 0 Å². The number of rotatable bonds is 3. The van der Waals surface area contributed by atoms with Gasteiger partial charge in [0.25, 0.3) is 0 Å². The van der Waals surface area contributed by atoms with Crippen LogP contribution < -0.4 is 4.74 Å². The standard InChI is InChI=1S/C9H14N2O3/c1-5(2)7-6(9(12)13)8(14-4)11(3)10-7/h5H,1-4H3,(H,12,13). The lowest BCUT2D eigenvalue weighted by atomic mass is 10.1. The minimum absolute atomic E-state index is 0.0659. The van der Waals surface area contributed by atoms with Crippen LogP contribution in [0, 0.1) is 0 Å². The first-order valence-corrected chi connectivity index (χ1v) is 4.33. The highest BCUT2D eigenvalue weighted by Crippen LogP contribution is 2.26. The third-order valence-corrected chi connectivity index (χ3v) is 1.98. The van der Waals surface area contributed by atoms with Crippen LogP contribution in [0.5, 0.6) is 5.88 Å². The maximum absolute atomic E-state index is 11.0. The summed E-state index contributed by atoms with van der Waals surface area (Å²) < 4.78 is 6.43. The second-order valence-corrected chi connectivity index (χ2v) is 3.35. The summed E-state index contributed by atoms with van der Waals surface area (Å²) in [4.78, 5) is 11.0. The fraction of sp³-hybridized carbons (Fsp3) is 0.556. The number of hydrogen-bond acceptors (Lipinski definition) is 3. The summed E-state index contributed by atoms with van der Waals surface area (Å²) in [5, 5.41) is 13.1. The normalized spacial score (nSPS) is 10.6. The van der Waals surface area contributed by atoms with Crippen molar-refractivity contribution < 1.29 is 14.6 Å². The molecule has 0 radical (unpaired) electrons. The Morgan fingerprint density at radius 1 is 1.57 bits per heavy atom. The van der Waals surface area contributed by atoms with E-state index < -0.39 is 5.97 Å². The highest BCUT2D eigenvalue weighted by atomic mass is 16.5. The Bertz CT molecular complexity index is 355. The van der Waals surface area contributed by atoms with E-state index in [1.54, 1.807) is 7.05 Å². The molecular weight excluding hydrogens is 184 g/mol. The van der Waals surface area contributed by atoms with Crippen LogP contribution in [0.15, 0.2) is 0 Å². The molecule has 78 valence electrons. The summed E-state index contributed by atoms with van der Waals surface area (Å²) in [6.07, 6.45) is 0. The lowest BCUT2D eigenvalue weighted by Gasteiger charge is -2.02. The molecule has 1 aromatic heterocycles. The average molecular weight is 198 g/mol. The molecule has 0 unspecified atom stereocenters. The maximum atomic E-state index is 11.0. The van der Waals surface area contributed by atoms with E-state index in [-0.39, 0.29) is 11.5 Å². The Morgan fingerprint density at radius 2 is 2.14 bits per heavy atom. The molecule has 0 fully saturated rings. The van der Waals surface area contributed by atoms with Gasteiger partial charge < -0.3 is 9.84 Å². The number of ether oxygens (including phenoxy) is 1. The van der Waals surface area contributed by atoms with Crippen LogP contribution in [0.3, 0.4) is 0 Å². The maximum Gasteiger partial charge on any atom is 0.343 e. The predicted octanol–water partition coefficient (Wildman–Crippen LogP) is 1.25. The monoisotopic (exact) mass is 198 g/mol. The SMILES string of the molecule is COc1c(C(=O)O)c(C(C)C)nn1C. The highest BCUT2D eigenvalue weighted by Gasteiger charge is 2.24. The number of methoxy groups -OCH3 is 1. The van der Waals surface area contributed by atoms with Crippen molar-refractivity contribution >= 4 is 5.97 Å². The zero-order chi connectivity index (χ0) is 10.9. The van der Waals surface area contributed by atoms with Crippen LogP contribution in [-0.4, -0.2) is 28.0 Å². The molecule has 1 N–H and O–H groups in total. The van der Waals surface area contributed by atoms with E-state index in [1.165, 1.54) is 11.8 Å². The number of aryl methyl sites for hydroxylation is 1. The van der Waals surface area contributed by atoms with Gasteiger partial charge >= 0.3 is 5.97 Å². The highest BCUT2D eigenvalue weighted by molar-refractivity contribution is 5.91. The van der Waals surface area contributed by atoms with Crippen LogP contribution in [-0.2, 0) is 7.05 Å². The zero-order valence-electron chi connectivity index (χ0n) is 8.74. The number of carboxylic acid groups (broad SMARTS) is 1. The summed E-state index contributed by atoms with van der Waals surface area (Å²) >= 11 is 0. The second-order valence-electron chi connectivity index (χ2n) is 3.35. The molecule has 0 spiro atoms. The Labute approximate surface area is 82.3 Å². The van der Waals surface area contributed by atoms with Crippen LogP contribution in [0.2, 0.25) is 0 Å². The van der Waals surface area contributed by atoms with Gasteiger partial charge in [0.1, 0.15) is 5.56 Å². The van der Waals surface area contributed by atoms with E-state index >= 15 is 0 Å². The molecule has 0 atom stereocenters. The van der Waals surface area contributed by atoms with Crippen molar-refractivity contribution in [3.8, 4) is 5.88 Å². The molecule has 0 aliphatic rings. The van der Waals surface area contributed by atoms with Crippen molar-refractivity contribution in [2.24, 2.45) is 7.05 Å². The van der Waals surface area contributed by atoms with Crippen molar-refractivity contribution in [2.75, 3.05) is 7.11 Å². The molecule has 0 bridgehead atoms. The van der Waals surface area contributed by atoms with Gasteiger partial charge in [-0.05, 0) is 5.92 Å². The Morgan fingerprint density at radius 3 is 2.50 bits per heavy atom. The van der Waals surface area contributed by atoms with Crippen molar-refractivity contribution in [2.45, 2.75) is 19.8 Å². The van der Waals surface area contributed by atoms with E-state index in [1.807, 2.05) is 13.8 Å². The Hall–Kier alpha value is -1.52. The summed E-state index contributed by atoms with van der Waals surface area (Å²) in [5.41, 5.74) is 0.710. The average Bonchev–Trinajstić information content (AvgIpc) is 2.42. The van der Waals surface area contributed by atoms with E-state index in [4.69, 9.17) is 9.84 Å². The van der Waals surface area contributed by atoms with Crippen LogP contribution in [0.4, 0.5) is 0 Å². The number of aromatic carboxylic acids is 1. The molecule has 0 aliphatic carbocycles. The summed E-state index contributed by atoms with van der Waals surface area (Å²) in [6.45, 7) is 3.79. The topological polar surface area (TPSA) is 64.3 Å². The third-order valence-electron chi connectivity index (χ3n) is 1.98. The molecule has 1 rings (SSSR count). The Kier molecular flexibility index (Phi) is 2.78. The molecule has 1 aromatic rings. The molecule has 0 aromatic carbocycles. The first-order chi connectivity index (χ1) is 6.49. The fourth-order valence-corrected chi connectivity index (χ4v) is 1.37. The van der Waals surface area contributed by atoms with E-state index in [9.17, 15) is 4.79 Å². The van der Waals surface area contributed by atoms with Crippen LogP contribution >= 0.6 is 0 Å². The van der Waals surface area contributed by atoms with Crippen LogP contribution in [0.25, 0.3) is 0 Å². The smallest absolute Gasteiger partial charge is 0.343 e. The molecule has 0 aliphatic heterocycles. The Balaban J connectivity index is 3.37. The van der Waals surface area contributed by atoms with Gasteiger partial charge in [0.15, 0.2) is 0 Å². The largest absolute Gasteiger partial charge is 0.481 e. The van der Waals surface area contributed by atoms with Gasteiger partial charge in [0, 0.05) is 7.05 Å². The number of nitrogens with zero attached hydrogens (tertiary/aromatic N) is 2. The molecule has 0 saturated heterocycles. The summed E-state index contributed by atoms with van der Waals surface area (Å²) in [5.74, 6) is -0.643. The lowest BCUT2D eigenvalue weighted by Crippen LogP contribution is -2.03. The third kappa shape index (κ3) is 1.57. The molecule has 14 heavy (non-hydrogen) atoms. The van der Waals surface area contributed by atoms with Crippen molar-refractivity contribution in [3.63, 3.8) is 0 Å². The van der Waals surface area contributed by atoms with Crippen molar-refractivity contribution in [1.82, 2.24) is 9.78 Å².